The van der Waals surface area contributed by atoms with Crippen LogP contribution in [0.4, 0.5) is 0 Å². The van der Waals surface area contributed by atoms with Crippen LogP contribution >= 0.6 is 8.58 Å². The van der Waals surface area contributed by atoms with Crippen molar-refractivity contribution in [2.24, 2.45) is 0 Å². The Hall–Kier alpha value is -1.15. The topological polar surface area (TPSA) is 40.5 Å². The first kappa shape index (κ1) is 16.2. The quantitative estimate of drug-likeness (QED) is 0.672. The van der Waals surface area contributed by atoms with E-state index >= 15 is 0 Å². The molecule has 2 aromatic rings. The van der Waals surface area contributed by atoms with E-state index in [1.54, 1.807) is 13.0 Å². The van der Waals surface area contributed by atoms with Crippen molar-refractivity contribution in [3.8, 4) is 5.75 Å². The van der Waals surface area contributed by atoms with Crippen LogP contribution < -0.4 is 15.8 Å². The number of hydrogen-bond donors (Lipinski definition) is 2. The van der Waals surface area contributed by atoms with Crippen LogP contribution in [-0.2, 0) is 0 Å². The number of rotatable bonds is 4. The first-order valence-electron chi connectivity index (χ1n) is 7.16. The van der Waals surface area contributed by atoms with Crippen LogP contribution in [0.1, 0.15) is 18.6 Å². The highest BCUT2D eigenvalue weighted by molar-refractivity contribution is 7.56. The summed E-state index contributed by atoms with van der Waals surface area (Å²) in [5.74, 6) is 0.343. The monoisotopic (exact) mass is 318 g/mol. The van der Waals surface area contributed by atoms with Gasteiger partial charge in [0, 0.05) is 5.30 Å². The molecular weight excluding hydrogens is 295 g/mol. The van der Waals surface area contributed by atoms with E-state index in [2.05, 4.69) is 25.7 Å². The molecule has 0 aromatic heterocycles. The molecule has 2 rings (SSSR count). The van der Waals surface area contributed by atoms with Gasteiger partial charge in [-0.2, -0.15) is 0 Å². The average molecular weight is 318 g/mol. The first-order chi connectivity index (χ1) is 9.79. The number of aliphatic hydroxyl groups is 1. The van der Waals surface area contributed by atoms with Gasteiger partial charge in [-0.1, -0.05) is 69.8 Å². The molecule has 2 unspecified atom stereocenters. The molecule has 0 radical (unpaired) electrons. The van der Waals surface area contributed by atoms with Gasteiger partial charge >= 0.3 is 0 Å². The fourth-order valence-electron chi connectivity index (χ4n) is 2.22. The van der Waals surface area contributed by atoms with Gasteiger partial charge in [-0.25, -0.2) is 0 Å². The molecular formula is C17H23O2PSi. The molecule has 0 saturated carbocycles. The third kappa shape index (κ3) is 3.94. The average Bonchev–Trinajstić information content (AvgIpc) is 2.40. The second-order valence-corrected chi connectivity index (χ2v) is 12.8. The smallest absolute Gasteiger partial charge is 0.123 e. The normalized spacial score (nSPS) is 13.8. The maximum absolute atomic E-state index is 10.2. The third-order valence-electron chi connectivity index (χ3n) is 3.54. The Labute approximate surface area is 129 Å². The van der Waals surface area contributed by atoms with E-state index in [0.717, 1.165) is 16.2 Å². The van der Waals surface area contributed by atoms with Crippen molar-refractivity contribution < 1.29 is 10.2 Å². The molecule has 0 amide bonds. The molecule has 2 N–H and O–H groups in total. The lowest BCUT2D eigenvalue weighted by molar-refractivity contribution is 0.200. The SMILES string of the molecule is CC(O)c1ccccc1Pc1cc([Si](C)(C)C)ccc1O. The molecule has 112 valence electrons. The van der Waals surface area contributed by atoms with Gasteiger partial charge in [0.25, 0.3) is 0 Å². The van der Waals surface area contributed by atoms with Crippen LogP contribution in [0.5, 0.6) is 5.75 Å². The number of benzene rings is 2. The molecule has 2 aromatic carbocycles. The summed E-state index contributed by atoms with van der Waals surface area (Å²) in [6.45, 7) is 8.68. The molecule has 0 aliphatic rings. The molecule has 2 nitrogen and oxygen atoms in total. The number of hydrogen-bond acceptors (Lipinski definition) is 2. The first-order valence-corrected chi connectivity index (χ1v) is 11.7. The van der Waals surface area contributed by atoms with E-state index in [0.29, 0.717) is 14.3 Å². The van der Waals surface area contributed by atoms with Crippen molar-refractivity contribution in [2.45, 2.75) is 32.7 Å². The number of phenolic OH excluding ortho intramolecular Hbond substituents is 1. The summed E-state index contributed by atoms with van der Waals surface area (Å²) in [7, 11) is -1.04. The van der Waals surface area contributed by atoms with Gasteiger partial charge < -0.3 is 10.2 Å². The number of phenols is 1. The Morgan fingerprint density at radius 1 is 1.00 bits per heavy atom. The zero-order chi connectivity index (χ0) is 15.6. The van der Waals surface area contributed by atoms with Crippen LogP contribution in [0.2, 0.25) is 19.6 Å². The minimum absolute atomic E-state index is 0.343. The van der Waals surface area contributed by atoms with E-state index in [9.17, 15) is 10.2 Å². The number of aliphatic hydroxyl groups excluding tert-OH is 1. The lowest BCUT2D eigenvalue weighted by Crippen LogP contribution is -2.38. The van der Waals surface area contributed by atoms with Crippen LogP contribution in [0, 0.1) is 0 Å². The predicted molar refractivity (Wildman–Crippen MR) is 95.7 cm³/mol. The van der Waals surface area contributed by atoms with Crippen molar-refractivity contribution in [3.05, 3.63) is 48.0 Å². The van der Waals surface area contributed by atoms with Gasteiger partial charge in [-0.15, -0.1) is 0 Å². The Morgan fingerprint density at radius 3 is 2.29 bits per heavy atom. The van der Waals surface area contributed by atoms with Crippen molar-refractivity contribution >= 4 is 32.5 Å². The fourth-order valence-corrected chi connectivity index (χ4v) is 4.87. The highest BCUT2D eigenvalue weighted by Crippen LogP contribution is 2.22. The molecule has 0 aliphatic heterocycles. The van der Waals surface area contributed by atoms with E-state index in [4.69, 9.17) is 0 Å². The summed E-state index contributed by atoms with van der Waals surface area (Å²) >= 11 is 0. The van der Waals surface area contributed by atoms with Gasteiger partial charge in [-0.05, 0) is 23.9 Å². The van der Waals surface area contributed by atoms with Crippen LogP contribution in [0.15, 0.2) is 42.5 Å². The standard InChI is InChI=1S/C17H23O2PSi/c1-12(18)14-7-5-6-8-16(14)20-17-11-13(21(2,3)4)9-10-15(17)19/h5-12,18-20H,1-4H3. The molecule has 2 atom stereocenters. The van der Waals surface area contributed by atoms with Crippen molar-refractivity contribution in [2.75, 3.05) is 0 Å². The third-order valence-corrected chi connectivity index (χ3v) is 6.98. The lowest BCUT2D eigenvalue weighted by Gasteiger charge is -2.19. The van der Waals surface area contributed by atoms with Gasteiger partial charge in [0.1, 0.15) is 5.75 Å². The summed E-state index contributed by atoms with van der Waals surface area (Å²) in [5, 5.41) is 23.4. The van der Waals surface area contributed by atoms with Crippen molar-refractivity contribution in [1.82, 2.24) is 0 Å². The van der Waals surface area contributed by atoms with Gasteiger partial charge in [0.15, 0.2) is 0 Å². The maximum Gasteiger partial charge on any atom is 0.123 e. The molecule has 0 aliphatic carbocycles. The number of aromatic hydroxyl groups is 1. The van der Waals surface area contributed by atoms with Gasteiger partial charge in [0.2, 0.25) is 0 Å². The van der Waals surface area contributed by atoms with E-state index < -0.39 is 14.2 Å². The van der Waals surface area contributed by atoms with Crippen LogP contribution in [0.3, 0.4) is 0 Å². The van der Waals surface area contributed by atoms with Crippen molar-refractivity contribution in [3.63, 3.8) is 0 Å². The second-order valence-electron chi connectivity index (χ2n) is 6.37. The molecule has 0 saturated heterocycles. The van der Waals surface area contributed by atoms with E-state index in [1.165, 1.54) is 5.19 Å². The van der Waals surface area contributed by atoms with Crippen molar-refractivity contribution in [1.29, 1.82) is 0 Å². The second kappa shape index (κ2) is 6.31. The summed E-state index contributed by atoms with van der Waals surface area (Å²) in [6, 6.07) is 13.9. The Bertz CT molecular complexity index is 633. The Kier molecular flexibility index (Phi) is 4.87. The molecule has 0 heterocycles. The van der Waals surface area contributed by atoms with Crippen LogP contribution in [-0.4, -0.2) is 18.3 Å². The molecule has 4 heteroatoms. The summed E-state index contributed by atoms with van der Waals surface area (Å²) in [5.41, 5.74) is 0.939. The largest absolute Gasteiger partial charge is 0.507 e. The Balaban J connectivity index is 2.40. The zero-order valence-electron chi connectivity index (χ0n) is 13.0. The molecule has 0 fully saturated rings. The summed E-state index contributed by atoms with van der Waals surface area (Å²) in [6.07, 6.45) is -0.490. The van der Waals surface area contributed by atoms with E-state index in [-0.39, 0.29) is 0 Å². The minimum Gasteiger partial charge on any atom is -0.507 e. The highest BCUT2D eigenvalue weighted by Gasteiger charge is 2.18. The molecule has 0 bridgehead atoms. The zero-order valence-corrected chi connectivity index (χ0v) is 15.0. The maximum atomic E-state index is 10.2. The van der Waals surface area contributed by atoms with Crippen LogP contribution in [0.25, 0.3) is 0 Å². The van der Waals surface area contributed by atoms with Gasteiger partial charge in [0.05, 0.1) is 14.2 Å². The lowest BCUT2D eigenvalue weighted by atomic mass is 10.1. The molecule has 21 heavy (non-hydrogen) atoms. The Morgan fingerprint density at radius 2 is 1.67 bits per heavy atom. The predicted octanol–water partition coefficient (Wildman–Crippen LogP) is 2.62. The minimum atomic E-state index is -1.40. The summed E-state index contributed by atoms with van der Waals surface area (Å²) in [4.78, 5) is 0. The summed E-state index contributed by atoms with van der Waals surface area (Å²) < 4.78 is 0. The highest BCUT2D eigenvalue weighted by atomic mass is 31.1. The van der Waals surface area contributed by atoms with Gasteiger partial charge in [-0.3, -0.25) is 0 Å². The molecule has 0 spiro atoms. The fraction of sp³-hybridized carbons (Fsp3) is 0.294. The van der Waals surface area contributed by atoms with E-state index in [1.807, 2.05) is 30.3 Å².